The average molecular weight is 481 g/mol. The standard InChI is InChI=1S/C27H52N4O3/c1-5-8-10-11-12-13-14-15-16-17-24(32)29-25(23(4)7-3)26(33)30-19-21-31(22-20-30)27(34)28-18-9-6-2/h23,25H,5-22H2,1-4H3,(H,28,34)(H,29,32). The van der Waals surface area contributed by atoms with Crippen LogP contribution in [0.1, 0.15) is 111 Å². The zero-order chi connectivity index (χ0) is 25.2. The number of hydrogen-bond donors (Lipinski definition) is 2. The van der Waals surface area contributed by atoms with Gasteiger partial charge in [-0.1, -0.05) is 91.9 Å². The third-order valence-electron chi connectivity index (χ3n) is 6.99. The first-order valence-corrected chi connectivity index (χ1v) is 14.0. The zero-order valence-electron chi connectivity index (χ0n) is 22.5. The van der Waals surface area contributed by atoms with Crippen molar-refractivity contribution in [2.45, 2.75) is 117 Å². The fraction of sp³-hybridized carbons (Fsp3) is 0.889. The van der Waals surface area contributed by atoms with Gasteiger partial charge in [0.25, 0.3) is 0 Å². The van der Waals surface area contributed by atoms with Crippen LogP contribution in [0.2, 0.25) is 0 Å². The van der Waals surface area contributed by atoms with E-state index < -0.39 is 6.04 Å². The second kappa shape index (κ2) is 18.5. The molecule has 1 heterocycles. The Balaban J connectivity index is 2.38. The molecule has 1 saturated heterocycles. The van der Waals surface area contributed by atoms with E-state index >= 15 is 0 Å². The molecule has 2 N–H and O–H groups in total. The molecule has 1 fully saturated rings. The van der Waals surface area contributed by atoms with Crippen molar-refractivity contribution in [3.8, 4) is 0 Å². The van der Waals surface area contributed by atoms with Crippen LogP contribution < -0.4 is 10.6 Å². The molecule has 0 saturated carbocycles. The SMILES string of the molecule is CCCCCCCCCCCC(=O)NC(C(=O)N1CCN(C(=O)NCCCC)CC1)C(C)CC. The van der Waals surface area contributed by atoms with Crippen LogP contribution in [0.5, 0.6) is 0 Å². The van der Waals surface area contributed by atoms with Crippen molar-refractivity contribution < 1.29 is 14.4 Å². The lowest BCUT2D eigenvalue weighted by molar-refractivity contribution is -0.139. The molecular weight excluding hydrogens is 428 g/mol. The number of amides is 4. The third kappa shape index (κ3) is 12.1. The molecule has 198 valence electrons. The molecule has 2 atom stereocenters. The lowest BCUT2D eigenvalue weighted by Crippen LogP contribution is -2.58. The summed E-state index contributed by atoms with van der Waals surface area (Å²) in [5.41, 5.74) is 0. The van der Waals surface area contributed by atoms with Gasteiger partial charge < -0.3 is 20.4 Å². The van der Waals surface area contributed by atoms with Gasteiger partial charge in [-0.25, -0.2) is 4.79 Å². The molecule has 0 aliphatic carbocycles. The van der Waals surface area contributed by atoms with Crippen molar-refractivity contribution in [1.82, 2.24) is 20.4 Å². The normalized spacial score (nSPS) is 15.6. The van der Waals surface area contributed by atoms with Crippen molar-refractivity contribution in [3.05, 3.63) is 0 Å². The second-order valence-electron chi connectivity index (χ2n) is 9.91. The monoisotopic (exact) mass is 480 g/mol. The number of urea groups is 1. The number of hydrogen-bond acceptors (Lipinski definition) is 3. The van der Waals surface area contributed by atoms with Gasteiger partial charge in [-0.2, -0.15) is 0 Å². The number of piperazine rings is 1. The van der Waals surface area contributed by atoms with Crippen LogP contribution in [0.15, 0.2) is 0 Å². The molecule has 34 heavy (non-hydrogen) atoms. The van der Waals surface area contributed by atoms with Crippen molar-refractivity contribution in [1.29, 1.82) is 0 Å². The average Bonchev–Trinajstić information content (AvgIpc) is 2.85. The van der Waals surface area contributed by atoms with Gasteiger partial charge in [0.15, 0.2) is 0 Å². The minimum atomic E-state index is -0.485. The van der Waals surface area contributed by atoms with Crippen LogP contribution in [-0.2, 0) is 9.59 Å². The number of nitrogens with zero attached hydrogens (tertiary/aromatic N) is 2. The summed E-state index contributed by atoms with van der Waals surface area (Å²) in [7, 11) is 0. The van der Waals surface area contributed by atoms with Crippen molar-refractivity contribution >= 4 is 17.8 Å². The van der Waals surface area contributed by atoms with E-state index in [0.29, 0.717) is 39.1 Å². The molecule has 0 radical (unpaired) electrons. The van der Waals surface area contributed by atoms with E-state index in [-0.39, 0.29) is 23.8 Å². The Morgan fingerprint density at radius 2 is 1.26 bits per heavy atom. The van der Waals surface area contributed by atoms with Crippen LogP contribution in [0, 0.1) is 5.92 Å². The van der Waals surface area contributed by atoms with Crippen molar-refractivity contribution in [2.24, 2.45) is 5.92 Å². The summed E-state index contributed by atoms with van der Waals surface area (Å²) in [6, 6.07) is -0.533. The van der Waals surface area contributed by atoms with Crippen LogP contribution in [0.3, 0.4) is 0 Å². The molecule has 0 bridgehead atoms. The Bertz CT molecular complexity index is 576. The first-order chi connectivity index (χ1) is 16.4. The molecule has 1 aliphatic rings. The van der Waals surface area contributed by atoms with Gasteiger partial charge in [0.1, 0.15) is 6.04 Å². The van der Waals surface area contributed by atoms with Gasteiger partial charge in [-0.3, -0.25) is 9.59 Å². The van der Waals surface area contributed by atoms with Crippen LogP contribution in [-0.4, -0.2) is 66.4 Å². The number of carbonyl (C=O) groups excluding carboxylic acids is 3. The summed E-state index contributed by atoms with van der Waals surface area (Å²) in [5.74, 6) is 0.0475. The largest absolute Gasteiger partial charge is 0.344 e. The number of nitrogens with one attached hydrogen (secondary N) is 2. The predicted octanol–water partition coefficient (Wildman–Crippen LogP) is 5.09. The Kier molecular flexibility index (Phi) is 16.5. The van der Waals surface area contributed by atoms with Crippen molar-refractivity contribution in [3.63, 3.8) is 0 Å². The van der Waals surface area contributed by atoms with Crippen LogP contribution >= 0.6 is 0 Å². The van der Waals surface area contributed by atoms with Crippen LogP contribution in [0.25, 0.3) is 0 Å². The fourth-order valence-corrected chi connectivity index (χ4v) is 4.34. The molecule has 7 nitrogen and oxygen atoms in total. The number of carbonyl (C=O) groups is 3. The Hall–Kier alpha value is -1.79. The molecular formula is C27H52N4O3. The van der Waals surface area contributed by atoms with Crippen molar-refractivity contribution in [2.75, 3.05) is 32.7 Å². The van der Waals surface area contributed by atoms with Crippen LogP contribution in [0.4, 0.5) is 4.79 Å². The van der Waals surface area contributed by atoms with Gasteiger partial charge in [0, 0.05) is 39.1 Å². The highest BCUT2D eigenvalue weighted by molar-refractivity contribution is 5.88. The summed E-state index contributed by atoms with van der Waals surface area (Å²) in [4.78, 5) is 41.7. The molecule has 4 amide bonds. The van der Waals surface area contributed by atoms with E-state index in [2.05, 4.69) is 31.4 Å². The highest BCUT2D eigenvalue weighted by atomic mass is 16.2. The van der Waals surface area contributed by atoms with Gasteiger partial charge >= 0.3 is 6.03 Å². The second-order valence-corrected chi connectivity index (χ2v) is 9.91. The lowest BCUT2D eigenvalue weighted by Gasteiger charge is -2.37. The summed E-state index contributed by atoms with van der Waals surface area (Å²) >= 11 is 0. The Morgan fingerprint density at radius 3 is 1.82 bits per heavy atom. The summed E-state index contributed by atoms with van der Waals surface area (Å²) < 4.78 is 0. The number of unbranched alkanes of at least 4 members (excludes halogenated alkanes) is 9. The van der Waals surface area contributed by atoms with E-state index in [1.54, 1.807) is 4.90 Å². The topological polar surface area (TPSA) is 81.8 Å². The smallest absolute Gasteiger partial charge is 0.317 e. The molecule has 0 aromatic carbocycles. The first-order valence-electron chi connectivity index (χ1n) is 14.0. The summed E-state index contributed by atoms with van der Waals surface area (Å²) in [6.45, 7) is 11.2. The minimum absolute atomic E-state index is 0.0131. The van der Waals surface area contributed by atoms with E-state index in [1.165, 1.54) is 44.9 Å². The maximum absolute atomic E-state index is 13.2. The van der Waals surface area contributed by atoms with Gasteiger partial charge in [0.05, 0.1) is 0 Å². The quantitative estimate of drug-likeness (QED) is 0.284. The molecule has 0 spiro atoms. The fourth-order valence-electron chi connectivity index (χ4n) is 4.34. The molecule has 0 aromatic rings. The van der Waals surface area contributed by atoms with E-state index in [9.17, 15) is 14.4 Å². The minimum Gasteiger partial charge on any atom is -0.344 e. The van der Waals surface area contributed by atoms with Gasteiger partial charge in [0.2, 0.25) is 11.8 Å². The zero-order valence-corrected chi connectivity index (χ0v) is 22.5. The summed E-state index contributed by atoms with van der Waals surface area (Å²) in [6.07, 6.45) is 14.3. The molecule has 2 unspecified atom stereocenters. The maximum atomic E-state index is 13.2. The highest BCUT2D eigenvalue weighted by Gasteiger charge is 2.32. The highest BCUT2D eigenvalue weighted by Crippen LogP contribution is 2.15. The molecule has 7 heteroatoms. The van der Waals surface area contributed by atoms with Gasteiger partial charge in [-0.15, -0.1) is 0 Å². The third-order valence-corrected chi connectivity index (χ3v) is 6.99. The lowest BCUT2D eigenvalue weighted by atomic mass is 9.97. The van der Waals surface area contributed by atoms with E-state index in [0.717, 1.165) is 32.1 Å². The molecule has 1 aliphatic heterocycles. The maximum Gasteiger partial charge on any atom is 0.317 e. The Morgan fingerprint density at radius 1 is 0.735 bits per heavy atom. The molecule has 1 rings (SSSR count). The summed E-state index contributed by atoms with van der Waals surface area (Å²) in [5, 5.41) is 5.98. The molecule has 0 aromatic heterocycles. The predicted molar refractivity (Wildman–Crippen MR) is 140 cm³/mol. The van der Waals surface area contributed by atoms with E-state index in [1.807, 2.05) is 11.8 Å². The van der Waals surface area contributed by atoms with E-state index in [4.69, 9.17) is 0 Å². The first kappa shape index (κ1) is 30.2. The number of rotatable bonds is 17. The van der Waals surface area contributed by atoms with Gasteiger partial charge in [-0.05, 0) is 18.8 Å². The Labute approximate surface area is 208 Å².